The Morgan fingerprint density at radius 2 is 2.39 bits per heavy atom. The van der Waals surface area contributed by atoms with Gasteiger partial charge in [-0.2, -0.15) is 16.9 Å². The molecule has 0 saturated carbocycles. The Balaban J connectivity index is 2.34. The average Bonchev–Trinajstić information content (AvgIpc) is 2.94. The number of halogens is 1. The smallest absolute Gasteiger partial charge is 0.231 e. The summed E-state index contributed by atoms with van der Waals surface area (Å²) >= 11 is 7.91. The third kappa shape index (κ3) is 4.14. The van der Waals surface area contributed by atoms with E-state index in [4.69, 9.17) is 11.6 Å². The molecule has 0 aliphatic rings. The zero-order valence-corrected chi connectivity index (χ0v) is 14.7. The summed E-state index contributed by atoms with van der Waals surface area (Å²) in [5, 5.41) is 4.56. The number of rotatable bonds is 7. The molecule has 1 amide bonds. The topological polar surface area (TPSA) is 51.0 Å². The second-order valence-electron chi connectivity index (χ2n) is 5.05. The number of carbonyl (C=O) groups is 1. The van der Waals surface area contributed by atoms with E-state index in [-0.39, 0.29) is 17.0 Å². The van der Waals surface area contributed by atoms with Crippen LogP contribution in [-0.4, -0.2) is 39.2 Å². The first-order chi connectivity index (χ1) is 11.1. The summed E-state index contributed by atoms with van der Waals surface area (Å²) in [6, 6.07) is 3.69. The zero-order valence-electron chi connectivity index (χ0n) is 13.1. The number of pyridine rings is 1. The van der Waals surface area contributed by atoms with Crippen LogP contribution in [0.4, 0.5) is 5.69 Å². The van der Waals surface area contributed by atoms with Crippen molar-refractivity contribution in [1.82, 2.24) is 14.8 Å². The summed E-state index contributed by atoms with van der Waals surface area (Å²) in [5.41, 5.74) is 1.36. The Hall–Kier alpha value is -1.79. The molecule has 0 N–H and O–H groups in total. The van der Waals surface area contributed by atoms with E-state index >= 15 is 0 Å². The van der Waals surface area contributed by atoms with E-state index in [0.717, 1.165) is 11.4 Å². The van der Waals surface area contributed by atoms with Crippen LogP contribution in [0.3, 0.4) is 0 Å². The predicted molar refractivity (Wildman–Crippen MR) is 96.5 cm³/mol. The largest absolute Gasteiger partial charge is 0.304 e. The number of thioether (sulfide) groups is 1. The third-order valence-electron chi connectivity index (χ3n) is 3.27. The highest BCUT2D eigenvalue weighted by atomic mass is 35.5. The van der Waals surface area contributed by atoms with Crippen molar-refractivity contribution < 1.29 is 4.79 Å². The lowest BCUT2D eigenvalue weighted by Crippen LogP contribution is -2.36. The Kier molecular flexibility index (Phi) is 6.24. The van der Waals surface area contributed by atoms with E-state index in [0.29, 0.717) is 12.2 Å². The van der Waals surface area contributed by atoms with Crippen LogP contribution < -0.4 is 4.90 Å². The van der Waals surface area contributed by atoms with E-state index in [1.807, 2.05) is 25.3 Å². The van der Waals surface area contributed by atoms with Crippen LogP contribution >= 0.6 is 23.4 Å². The molecule has 7 heteroatoms. The number of hydrogen-bond donors (Lipinski definition) is 0. The summed E-state index contributed by atoms with van der Waals surface area (Å²) < 4.78 is 1.62. The standard InChI is InChI=1S/C16H19ClN4OS/c1-4-8-20(16(22)12(2)11-23-3)14-10-21(19-15(14)17)13-6-5-7-18-9-13/h4-7,9-10,12H,1,8,11H2,2-3H3/t12-/m1/s1. The normalized spacial score (nSPS) is 12.0. The van der Waals surface area contributed by atoms with Crippen molar-refractivity contribution in [2.45, 2.75) is 6.92 Å². The molecule has 2 rings (SSSR count). The first kappa shape index (κ1) is 17.6. The summed E-state index contributed by atoms with van der Waals surface area (Å²) in [6.45, 7) is 6.02. The first-order valence-corrected chi connectivity index (χ1v) is 8.92. The van der Waals surface area contributed by atoms with Gasteiger partial charge in [0.15, 0.2) is 5.15 Å². The van der Waals surface area contributed by atoms with Gasteiger partial charge >= 0.3 is 0 Å². The molecule has 0 unspecified atom stereocenters. The fraction of sp³-hybridized carbons (Fsp3) is 0.312. The Morgan fingerprint density at radius 3 is 3.00 bits per heavy atom. The molecule has 2 aromatic rings. The van der Waals surface area contributed by atoms with Gasteiger partial charge in [0, 0.05) is 24.4 Å². The maximum absolute atomic E-state index is 12.7. The molecule has 0 radical (unpaired) electrons. The van der Waals surface area contributed by atoms with Gasteiger partial charge in [0.1, 0.15) is 5.69 Å². The summed E-state index contributed by atoms with van der Waals surface area (Å²) in [4.78, 5) is 18.4. The summed E-state index contributed by atoms with van der Waals surface area (Å²) in [5.74, 6) is 0.649. The maximum Gasteiger partial charge on any atom is 0.231 e. The molecule has 0 aliphatic heterocycles. The van der Waals surface area contributed by atoms with Crippen LogP contribution in [0.1, 0.15) is 6.92 Å². The second-order valence-corrected chi connectivity index (χ2v) is 6.32. The number of aromatic nitrogens is 3. The molecular weight excluding hydrogens is 332 g/mol. The number of carbonyl (C=O) groups excluding carboxylic acids is 1. The molecule has 23 heavy (non-hydrogen) atoms. The van der Waals surface area contributed by atoms with E-state index in [1.165, 1.54) is 0 Å². The minimum Gasteiger partial charge on any atom is -0.304 e. The lowest BCUT2D eigenvalue weighted by molar-refractivity contribution is -0.121. The molecule has 0 fully saturated rings. The van der Waals surface area contributed by atoms with Crippen molar-refractivity contribution in [3.8, 4) is 5.69 Å². The molecule has 0 bridgehead atoms. The highest BCUT2D eigenvalue weighted by Gasteiger charge is 2.24. The molecule has 5 nitrogen and oxygen atoms in total. The fourth-order valence-corrected chi connectivity index (χ4v) is 3.04. The molecule has 2 aromatic heterocycles. The predicted octanol–water partition coefficient (Wildman–Crippen LogP) is 3.44. The van der Waals surface area contributed by atoms with E-state index in [9.17, 15) is 4.79 Å². The molecule has 0 aromatic carbocycles. The van der Waals surface area contributed by atoms with Crippen molar-refractivity contribution in [2.75, 3.05) is 23.5 Å². The highest BCUT2D eigenvalue weighted by molar-refractivity contribution is 7.98. The number of amides is 1. The lowest BCUT2D eigenvalue weighted by Gasteiger charge is -2.23. The van der Waals surface area contributed by atoms with E-state index < -0.39 is 0 Å². The minimum absolute atomic E-state index is 0.00638. The monoisotopic (exact) mass is 350 g/mol. The van der Waals surface area contributed by atoms with Gasteiger partial charge in [-0.05, 0) is 18.4 Å². The third-order valence-corrected chi connectivity index (χ3v) is 4.37. The van der Waals surface area contributed by atoms with Crippen LogP contribution in [0, 0.1) is 5.92 Å². The van der Waals surface area contributed by atoms with Crippen molar-refractivity contribution in [1.29, 1.82) is 0 Å². The molecule has 0 saturated heterocycles. The number of anilines is 1. The van der Waals surface area contributed by atoms with Crippen molar-refractivity contribution in [2.24, 2.45) is 5.92 Å². The van der Waals surface area contributed by atoms with Crippen LogP contribution in [0.5, 0.6) is 0 Å². The van der Waals surface area contributed by atoms with Gasteiger partial charge in [0.25, 0.3) is 0 Å². The van der Waals surface area contributed by atoms with Crippen molar-refractivity contribution in [3.05, 3.63) is 48.5 Å². The van der Waals surface area contributed by atoms with Gasteiger partial charge in [-0.1, -0.05) is 24.6 Å². The highest BCUT2D eigenvalue weighted by Crippen LogP contribution is 2.27. The van der Waals surface area contributed by atoms with Gasteiger partial charge in [-0.15, -0.1) is 6.58 Å². The molecule has 122 valence electrons. The quantitative estimate of drug-likeness (QED) is 0.718. The Morgan fingerprint density at radius 1 is 1.61 bits per heavy atom. The molecule has 0 spiro atoms. The van der Waals surface area contributed by atoms with E-state index in [2.05, 4.69) is 16.7 Å². The molecular formula is C16H19ClN4OS. The maximum atomic E-state index is 12.7. The van der Waals surface area contributed by atoms with E-state index in [1.54, 1.807) is 46.0 Å². The van der Waals surface area contributed by atoms with Crippen LogP contribution in [0.15, 0.2) is 43.4 Å². The zero-order chi connectivity index (χ0) is 16.8. The number of hydrogen-bond acceptors (Lipinski definition) is 4. The van der Waals surface area contributed by atoms with Gasteiger partial charge in [0.2, 0.25) is 5.91 Å². The van der Waals surface area contributed by atoms with Crippen LogP contribution in [0.2, 0.25) is 5.15 Å². The van der Waals surface area contributed by atoms with Crippen LogP contribution in [0.25, 0.3) is 5.69 Å². The van der Waals surface area contributed by atoms with Crippen LogP contribution in [-0.2, 0) is 4.79 Å². The minimum atomic E-state index is -0.109. The van der Waals surface area contributed by atoms with Gasteiger partial charge in [0.05, 0.1) is 18.1 Å². The van der Waals surface area contributed by atoms with Gasteiger partial charge in [-0.3, -0.25) is 9.78 Å². The fourth-order valence-electron chi connectivity index (χ4n) is 2.17. The summed E-state index contributed by atoms with van der Waals surface area (Å²) in [6.07, 6.45) is 8.78. The molecule has 1 atom stereocenters. The van der Waals surface area contributed by atoms with Crippen molar-refractivity contribution in [3.63, 3.8) is 0 Å². The summed E-state index contributed by atoms with van der Waals surface area (Å²) in [7, 11) is 0. The molecule has 2 heterocycles. The Labute approximate surface area is 145 Å². The van der Waals surface area contributed by atoms with Gasteiger partial charge < -0.3 is 4.90 Å². The number of nitrogens with zero attached hydrogens (tertiary/aromatic N) is 4. The molecule has 0 aliphatic carbocycles. The van der Waals surface area contributed by atoms with Gasteiger partial charge in [-0.25, -0.2) is 4.68 Å². The average molecular weight is 351 g/mol. The second kappa shape index (κ2) is 8.17. The first-order valence-electron chi connectivity index (χ1n) is 7.15. The Bertz CT molecular complexity index is 674. The SMILES string of the molecule is C=CCN(C(=O)[C@H](C)CSC)c1cn(-c2cccnc2)nc1Cl. The lowest BCUT2D eigenvalue weighted by atomic mass is 10.2. The van der Waals surface area contributed by atoms with Crippen molar-refractivity contribution >= 4 is 35.0 Å².